The summed E-state index contributed by atoms with van der Waals surface area (Å²) in [5.41, 5.74) is 3.53. The Morgan fingerprint density at radius 3 is 2.80 bits per heavy atom. The van der Waals surface area contributed by atoms with E-state index in [-0.39, 0.29) is 11.7 Å². The van der Waals surface area contributed by atoms with E-state index in [4.69, 9.17) is 4.74 Å². The summed E-state index contributed by atoms with van der Waals surface area (Å²) in [7, 11) is 4.06. The van der Waals surface area contributed by atoms with Crippen LogP contribution in [0.1, 0.15) is 24.3 Å². The first-order valence-electron chi connectivity index (χ1n) is 10.8. The molecule has 0 saturated carbocycles. The fourth-order valence-electron chi connectivity index (χ4n) is 5.31. The molecule has 3 aliphatic rings. The molecule has 1 fully saturated rings. The summed E-state index contributed by atoms with van der Waals surface area (Å²) in [6.07, 6.45) is 1.98. The van der Waals surface area contributed by atoms with Crippen molar-refractivity contribution in [3.63, 3.8) is 0 Å². The van der Waals surface area contributed by atoms with Gasteiger partial charge in [0.1, 0.15) is 27.3 Å². The van der Waals surface area contributed by atoms with Gasteiger partial charge >= 0.3 is 0 Å². The lowest BCUT2D eigenvalue weighted by molar-refractivity contribution is -0.117. The van der Waals surface area contributed by atoms with Gasteiger partial charge in [0.2, 0.25) is 5.91 Å². The monoisotopic (exact) mass is 405 g/mol. The molecule has 3 aliphatic heterocycles. The Labute approximate surface area is 178 Å². The number of hydrogen-bond donors (Lipinski definition) is 1. The van der Waals surface area contributed by atoms with Crippen LogP contribution in [0.2, 0.25) is 0 Å². The molecule has 2 aromatic rings. The molecule has 1 N–H and O–H groups in total. The molecule has 0 radical (unpaired) electrons. The van der Waals surface area contributed by atoms with Crippen molar-refractivity contribution in [1.29, 1.82) is 0 Å². The molecule has 154 valence electrons. The van der Waals surface area contributed by atoms with Crippen LogP contribution in [0.4, 0.5) is 15.8 Å². The van der Waals surface area contributed by atoms with Gasteiger partial charge in [0.05, 0.1) is 23.3 Å². The molecular weight excluding hydrogens is 379 g/mol. The number of hydrogen-bond acceptors (Lipinski definition) is 4. The maximum Gasteiger partial charge on any atom is 0.233 e. The number of piperidine rings is 1. The van der Waals surface area contributed by atoms with Crippen LogP contribution in [0.15, 0.2) is 42.5 Å². The number of nitrogens with zero attached hydrogens (tertiary/aromatic N) is 2. The summed E-state index contributed by atoms with van der Waals surface area (Å²) in [4.78, 5) is 17.6. The largest absolute Gasteiger partial charge is 0.494 e. The van der Waals surface area contributed by atoms with Crippen LogP contribution in [0.3, 0.4) is 0 Å². The molecule has 5 rings (SSSR count). The SMILES string of the molecule is BC1(B)C(=O)Nc2cccc3c2N1C1CCN(CCCOc2ccc(F)cc2)C[C@@H]31. The van der Waals surface area contributed by atoms with E-state index in [1.165, 1.54) is 23.4 Å². The average Bonchev–Trinajstić information content (AvgIpc) is 3.07. The van der Waals surface area contributed by atoms with Crippen molar-refractivity contribution in [2.24, 2.45) is 0 Å². The number of rotatable bonds is 5. The second kappa shape index (κ2) is 7.34. The first-order valence-corrected chi connectivity index (χ1v) is 10.8. The number of carbonyl (C=O) groups excluding carboxylic acids is 1. The first kappa shape index (κ1) is 19.5. The van der Waals surface area contributed by atoms with Gasteiger partial charge in [-0.15, -0.1) is 0 Å². The van der Waals surface area contributed by atoms with Crippen molar-refractivity contribution in [2.75, 3.05) is 36.5 Å². The second-order valence-corrected chi connectivity index (χ2v) is 9.05. The number of carbonyl (C=O) groups is 1. The van der Waals surface area contributed by atoms with Crippen molar-refractivity contribution in [1.82, 2.24) is 4.90 Å². The highest BCUT2D eigenvalue weighted by molar-refractivity contribution is 6.55. The predicted molar refractivity (Wildman–Crippen MR) is 121 cm³/mol. The minimum absolute atomic E-state index is 0.0770. The topological polar surface area (TPSA) is 44.8 Å². The van der Waals surface area contributed by atoms with E-state index in [9.17, 15) is 9.18 Å². The van der Waals surface area contributed by atoms with Crippen molar-refractivity contribution >= 4 is 33.0 Å². The third kappa shape index (κ3) is 3.18. The number of amides is 1. The minimum Gasteiger partial charge on any atom is -0.494 e. The molecule has 8 heteroatoms. The van der Waals surface area contributed by atoms with Crippen LogP contribution >= 0.6 is 0 Å². The number of anilines is 2. The fourth-order valence-corrected chi connectivity index (χ4v) is 5.31. The predicted octanol–water partition coefficient (Wildman–Crippen LogP) is 1.14. The molecule has 0 spiro atoms. The van der Waals surface area contributed by atoms with Gasteiger partial charge in [-0.05, 0) is 48.7 Å². The first-order chi connectivity index (χ1) is 14.4. The second-order valence-electron chi connectivity index (χ2n) is 9.05. The molecule has 0 aromatic heterocycles. The van der Waals surface area contributed by atoms with E-state index >= 15 is 0 Å². The number of benzene rings is 2. The van der Waals surface area contributed by atoms with Crippen molar-refractivity contribution in [2.45, 2.75) is 30.1 Å². The van der Waals surface area contributed by atoms with Crippen LogP contribution in [0.5, 0.6) is 5.75 Å². The van der Waals surface area contributed by atoms with Gasteiger partial charge < -0.3 is 19.9 Å². The number of nitrogens with one attached hydrogen (secondary N) is 1. The smallest absolute Gasteiger partial charge is 0.233 e. The van der Waals surface area contributed by atoms with Crippen molar-refractivity contribution < 1.29 is 13.9 Å². The number of likely N-dealkylation sites (tertiary alicyclic amines) is 1. The van der Waals surface area contributed by atoms with Gasteiger partial charge in [-0.2, -0.15) is 0 Å². The van der Waals surface area contributed by atoms with Gasteiger partial charge in [0.25, 0.3) is 0 Å². The van der Waals surface area contributed by atoms with Crippen LogP contribution in [-0.4, -0.2) is 64.1 Å². The van der Waals surface area contributed by atoms with E-state index in [2.05, 4.69) is 27.2 Å². The van der Waals surface area contributed by atoms with Crippen molar-refractivity contribution in [3.05, 3.63) is 53.8 Å². The summed E-state index contributed by atoms with van der Waals surface area (Å²) in [5, 5.41) is 2.57. The lowest BCUT2D eigenvalue weighted by atomic mass is 9.58. The number of fused-ring (bicyclic) bond motifs is 3. The Balaban J connectivity index is 1.25. The van der Waals surface area contributed by atoms with Gasteiger partial charge in [-0.3, -0.25) is 4.79 Å². The highest BCUT2D eigenvalue weighted by Gasteiger charge is 2.52. The van der Waals surface area contributed by atoms with E-state index in [0.29, 0.717) is 24.3 Å². The fraction of sp³-hybridized carbons (Fsp3) is 0.409. The zero-order valence-electron chi connectivity index (χ0n) is 17.5. The molecule has 1 amide bonds. The average molecular weight is 405 g/mol. The van der Waals surface area contributed by atoms with Crippen molar-refractivity contribution in [3.8, 4) is 5.75 Å². The van der Waals surface area contributed by atoms with Crippen LogP contribution in [0.25, 0.3) is 0 Å². The quantitative estimate of drug-likeness (QED) is 0.599. The molecule has 1 unspecified atom stereocenters. The summed E-state index contributed by atoms with van der Waals surface area (Å²) in [5.74, 6) is 0.955. The molecule has 2 atom stereocenters. The van der Waals surface area contributed by atoms with E-state index < -0.39 is 5.34 Å². The van der Waals surface area contributed by atoms with Gasteiger partial charge in [0.15, 0.2) is 0 Å². The molecule has 5 nitrogen and oxygen atoms in total. The molecule has 3 heterocycles. The Kier molecular flexibility index (Phi) is 4.77. The van der Waals surface area contributed by atoms with Crippen LogP contribution in [0, 0.1) is 5.82 Å². The summed E-state index contributed by atoms with van der Waals surface area (Å²) in [6.45, 7) is 3.61. The number of ether oxygens (including phenoxy) is 1. The standard InChI is InChI=1S/C22H26B2FN3O2/c23-22(24)21(29)26-18-4-1-3-16-17-13-27(11-9-19(17)28(22)20(16)18)10-2-12-30-15-7-5-14(25)6-8-15/h1,3-8,17,19H,2,9-13,23-24H2,(H,26,29)/t17-,19?/m0/s1. The maximum absolute atomic E-state index is 13.0. The Bertz CT molecular complexity index is 969. The molecule has 2 aromatic carbocycles. The third-order valence-corrected chi connectivity index (χ3v) is 6.81. The highest BCUT2D eigenvalue weighted by atomic mass is 19.1. The van der Waals surface area contributed by atoms with E-state index in [0.717, 1.165) is 38.2 Å². The van der Waals surface area contributed by atoms with Crippen LogP contribution < -0.4 is 15.0 Å². The summed E-state index contributed by atoms with van der Waals surface area (Å²) < 4.78 is 18.7. The highest BCUT2D eigenvalue weighted by Crippen LogP contribution is 2.52. The third-order valence-electron chi connectivity index (χ3n) is 6.81. The number of para-hydroxylation sites is 1. The Morgan fingerprint density at radius 1 is 1.20 bits per heavy atom. The molecule has 0 bridgehead atoms. The lowest BCUT2D eigenvalue weighted by Gasteiger charge is -2.48. The van der Waals surface area contributed by atoms with Gasteiger partial charge in [-0.25, -0.2) is 4.39 Å². The summed E-state index contributed by atoms with van der Waals surface area (Å²) in [6, 6.07) is 12.8. The molecular formula is C22H26B2FN3O2. The lowest BCUT2D eigenvalue weighted by Crippen LogP contribution is -2.64. The number of halogens is 1. The zero-order valence-corrected chi connectivity index (χ0v) is 17.5. The van der Waals surface area contributed by atoms with Gasteiger partial charge in [-0.1, -0.05) is 12.1 Å². The summed E-state index contributed by atoms with van der Waals surface area (Å²) >= 11 is 0. The Hall–Kier alpha value is -2.47. The van der Waals surface area contributed by atoms with E-state index in [1.807, 2.05) is 21.8 Å². The molecule has 0 aliphatic carbocycles. The molecule has 30 heavy (non-hydrogen) atoms. The van der Waals surface area contributed by atoms with Gasteiger partial charge in [0, 0.05) is 31.6 Å². The molecule has 1 saturated heterocycles. The Morgan fingerprint density at radius 2 is 2.00 bits per heavy atom. The van der Waals surface area contributed by atoms with E-state index in [1.54, 1.807) is 12.1 Å². The minimum atomic E-state index is -0.534. The zero-order chi connectivity index (χ0) is 20.9. The maximum atomic E-state index is 13.0. The van der Waals surface area contributed by atoms with Crippen LogP contribution in [-0.2, 0) is 4.79 Å². The normalized spacial score (nSPS) is 24.2.